The molecule has 0 bridgehead atoms. The Morgan fingerprint density at radius 1 is 0.944 bits per heavy atom. The quantitative estimate of drug-likeness (QED) is 0.602. The van der Waals surface area contributed by atoms with Crippen molar-refractivity contribution in [1.82, 2.24) is 4.90 Å². The third kappa shape index (κ3) is 2.91. The number of carbonyl (C=O) groups is 2. The molecule has 18 heavy (non-hydrogen) atoms. The van der Waals surface area contributed by atoms with Gasteiger partial charge in [-0.2, -0.15) is 0 Å². The van der Waals surface area contributed by atoms with Crippen LogP contribution in [0.15, 0.2) is 0 Å². The first kappa shape index (κ1) is 13.5. The number of likely N-dealkylation sites (tertiary alicyclic amines) is 1. The lowest BCUT2D eigenvalue weighted by atomic mass is 9.93. The second kappa shape index (κ2) is 6.32. The maximum Gasteiger partial charge on any atom is 0.229 e. The Morgan fingerprint density at radius 2 is 1.56 bits per heavy atom. The normalized spacial score (nSPS) is 31.1. The number of amides is 2. The van der Waals surface area contributed by atoms with Gasteiger partial charge in [0.05, 0.1) is 0 Å². The summed E-state index contributed by atoms with van der Waals surface area (Å²) < 4.78 is 0. The van der Waals surface area contributed by atoms with Gasteiger partial charge in [-0.1, -0.05) is 19.3 Å². The minimum Gasteiger partial charge on any atom is -0.330 e. The number of hydrogen-bond acceptors (Lipinski definition) is 3. The fourth-order valence-corrected chi connectivity index (χ4v) is 3.28. The van der Waals surface area contributed by atoms with Crippen LogP contribution in [-0.2, 0) is 9.59 Å². The molecular formula is C14H24N2O2. The molecule has 0 aromatic heterocycles. The SMILES string of the molecule is NCC1CCCCCC1N1C(=O)CCCCC1=O. The van der Waals surface area contributed by atoms with Gasteiger partial charge in [-0.05, 0) is 38.1 Å². The van der Waals surface area contributed by atoms with Crippen LogP contribution in [0.4, 0.5) is 0 Å². The van der Waals surface area contributed by atoms with Crippen molar-refractivity contribution in [3.63, 3.8) is 0 Å². The third-order valence-corrected chi connectivity index (χ3v) is 4.32. The van der Waals surface area contributed by atoms with Gasteiger partial charge < -0.3 is 5.73 Å². The number of imide groups is 1. The van der Waals surface area contributed by atoms with Gasteiger partial charge in [0.25, 0.3) is 0 Å². The summed E-state index contributed by atoms with van der Waals surface area (Å²) in [5.74, 6) is 0.365. The van der Waals surface area contributed by atoms with Crippen molar-refractivity contribution in [2.24, 2.45) is 11.7 Å². The van der Waals surface area contributed by atoms with Crippen molar-refractivity contribution in [3.8, 4) is 0 Å². The van der Waals surface area contributed by atoms with Gasteiger partial charge in [0.15, 0.2) is 0 Å². The predicted molar refractivity (Wildman–Crippen MR) is 69.7 cm³/mol. The summed E-state index contributed by atoms with van der Waals surface area (Å²) in [6.45, 7) is 0.585. The molecule has 4 heteroatoms. The molecular weight excluding hydrogens is 228 g/mol. The molecule has 2 rings (SSSR count). The Balaban J connectivity index is 2.18. The Kier molecular flexibility index (Phi) is 4.75. The van der Waals surface area contributed by atoms with Gasteiger partial charge in [0.2, 0.25) is 11.8 Å². The van der Waals surface area contributed by atoms with Crippen molar-refractivity contribution >= 4 is 11.8 Å². The van der Waals surface area contributed by atoms with Crippen LogP contribution in [0.25, 0.3) is 0 Å². The van der Waals surface area contributed by atoms with Crippen LogP contribution in [0, 0.1) is 5.92 Å². The largest absolute Gasteiger partial charge is 0.330 e. The minimum atomic E-state index is 0.0304. The van der Waals surface area contributed by atoms with Crippen LogP contribution in [0.1, 0.15) is 57.8 Å². The molecule has 1 aliphatic carbocycles. The average molecular weight is 252 g/mol. The first-order valence-electron chi connectivity index (χ1n) is 7.29. The fourth-order valence-electron chi connectivity index (χ4n) is 3.28. The van der Waals surface area contributed by atoms with Crippen LogP contribution in [-0.4, -0.2) is 29.3 Å². The summed E-state index contributed by atoms with van der Waals surface area (Å²) in [5.41, 5.74) is 5.85. The maximum absolute atomic E-state index is 12.2. The van der Waals surface area contributed by atoms with Crippen LogP contribution < -0.4 is 5.73 Å². The molecule has 2 N–H and O–H groups in total. The monoisotopic (exact) mass is 252 g/mol. The molecule has 1 saturated heterocycles. The minimum absolute atomic E-state index is 0.0304. The number of hydrogen-bond donors (Lipinski definition) is 1. The Bertz CT molecular complexity index is 299. The molecule has 2 amide bonds. The van der Waals surface area contributed by atoms with Crippen molar-refractivity contribution in [3.05, 3.63) is 0 Å². The molecule has 0 aromatic rings. The topological polar surface area (TPSA) is 63.4 Å². The summed E-state index contributed by atoms with van der Waals surface area (Å²) in [6.07, 6.45) is 8.23. The van der Waals surface area contributed by atoms with Crippen LogP contribution in [0.2, 0.25) is 0 Å². The molecule has 0 radical (unpaired) electrons. The van der Waals surface area contributed by atoms with Crippen molar-refractivity contribution in [1.29, 1.82) is 0 Å². The predicted octanol–water partition coefficient (Wildman–Crippen LogP) is 1.82. The molecule has 4 nitrogen and oxygen atoms in total. The summed E-state index contributed by atoms with van der Waals surface area (Å²) in [4.78, 5) is 25.9. The number of carbonyl (C=O) groups excluding carboxylic acids is 2. The van der Waals surface area contributed by atoms with Crippen LogP contribution in [0.3, 0.4) is 0 Å². The molecule has 1 saturated carbocycles. The lowest BCUT2D eigenvalue weighted by Crippen LogP contribution is -2.48. The van der Waals surface area contributed by atoms with Crippen LogP contribution in [0.5, 0.6) is 0 Å². The summed E-state index contributed by atoms with van der Waals surface area (Å²) in [5, 5.41) is 0. The zero-order valence-electron chi connectivity index (χ0n) is 11.1. The smallest absolute Gasteiger partial charge is 0.229 e. The van der Waals surface area contributed by atoms with E-state index < -0.39 is 0 Å². The van der Waals surface area contributed by atoms with Crippen molar-refractivity contribution < 1.29 is 9.59 Å². The summed E-state index contributed by atoms with van der Waals surface area (Å²) in [7, 11) is 0. The Morgan fingerprint density at radius 3 is 2.17 bits per heavy atom. The molecule has 1 aliphatic heterocycles. The zero-order chi connectivity index (χ0) is 13.0. The first-order chi connectivity index (χ1) is 8.74. The fraction of sp³-hybridized carbons (Fsp3) is 0.857. The van der Waals surface area contributed by atoms with Gasteiger partial charge in [0.1, 0.15) is 0 Å². The lowest BCUT2D eigenvalue weighted by Gasteiger charge is -2.33. The van der Waals surface area contributed by atoms with E-state index >= 15 is 0 Å². The summed E-state index contributed by atoms with van der Waals surface area (Å²) in [6, 6.07) is 0.0654. The van der Waals surface area contributed by atoms with Gasteiger partial charge in [-0.25, -0.2) is 0 Å². The van der Waals surface area contributed by atoms with E-state index in [0.29, 0.717) is 25.3 Å². The Hall–Kier alpha value is -0.900. The second-order valence-electron chi connectivity index (χ2n) is 5.57. The Labute approximate surface area is 109 Å². The molecule has 2 fully saturated rings. The molecule has 1 heterocycles. The van der Waals surface area contributed by atoms with E-state index in [4.69, 9.17) is 5.73 Å². The zero-order valence-corrected chi connectivity index (χ0v) is 11.1. The highest BCUT2D eigenvalue weighted by atomic mass is 16.2. The van der Waals surface area contributed by atoms with E-state index in [1.165, 1.54) is 12.8 Å². The maximum atomic E-state index is 12.2. The van der Waals surface area contributed by atoms with Crippen molar-refractivity contribution in [2.45, 2.75) is 63.8 Å². The van der Waals surface area contributed by atoms with E-state index in [1.807, 2.05) is 0 Å². The molecule has 2 unspecified atom stereocenters. The first-order valence-corrected chi connectivity index (χ1v) is 7.29. The van der Waals surface area contributed by atoms with Gasteiger partial charge >= 0.3 is 0 Å². The molecule has 102 valence electrons. The van der Waals surface area contributed by atoms with Gasteiger partial charge in [-0.3, -0.25) is 14.5 Å². The number of rotatable bonds is 2. The highest BCUT2D eigenvalue weighted by Crippen LogP contribution is 2.29. The summed E-state index contributed by atoms with van der Waals surface area (Å²) >= 11 is 0. The third-order valence-electron chi connectivity index (χ3n) is 4.32. The second-order valence-corrected chi connectivity index (χ2v) is 5.57. The molecule has 2 atom stereocenters. The molecule has 2 aliphatic rings. The number of nitrogens with zero attached hydrogens (tertiary/aromatic N) is 1. The number of nitrogens with two attached hydrogens (primary N) is 1. The lowest BCUT2D eigenvalue weighted by molar-refractivity contribution is -0.148. The highest BCUT2D eigenvalue weighted by Gasteiger charge is 2.35. The van der Waals surface area contributed by atoms with E-state index in [-0.39, 0.29) is 17.9 Å². The van der Waals surface area contributed by atoms with E-state index in [2.05, 4.69) is 0 Å². The van der Waals surface area contributed by atoms with E-state index in [0.717, 1.165) is 32.1 Å². The highest BCUT2D eigenvalue weighted by molar-refractivity contribution is 5.96. The average Bonchev–Trinajstić information content (AvgIpc) is 2.67. The van der Waals surface area contributed by atoms with Gasteiger partial charge in [0, 0.05) is 18.9 Å². The molecule has 0 spiro atoms. The molecule has 0 aromatic carbocycles. The van der Waals surface area contributed by atoms with E-state index in [9.17, 15) is 9.59 Å². The van der Waals surface area contributed by atoms with E-state index in [1.54, 1.807) is 4.90 Å². The van der Waals surface area contributed by atoms with Crippen LogP contribution >= 0.6 is 0 Å². The van der Waals surface area contributed by atoms with Crippen molar-refractivity contribution in [2.75, 3.05) is 6.54 Å². The van der Waals surface area contributed by atoms with Gasteiger partial charge in [-0.15, -0.1) is 0 Å². The standard InChI is InChI=1S/C14H24N2O2/c15-10-11-6-2-1-3-7-12(11)16-13(17)8-4-5-9-14(16)18/h11-12H,1-10,15H2.